The molecule has 1 saturated heterocycles. The molecule has 1 rings (SSSR count). The van der Waals surface area contributed by atoms with Gasteiger partial charge in [0.15, 0.2) is 0 Å². The van der Waals surface area contributed by atoms with Crippen molar-refractivity contribution in [3.05, 3.63) is 0 Å². The average molecular weight is 534 g/mol. The summed E-state index contributed by atoms with van der Waals surface area (Å²) in [6.07, 6.45) is 0.627. The molecule has 1 fully saturated rings. The van der Waals surface area contributed by atoms with Crippen LogP contribution in [0.15, 0.2) is 0 Å². The van der Waals surface area contributed by atoms with E-state index < -0.39 is 84.0 Å². The molecule has 0 spiro atoms. The van der Waals surface area contributed by atoms with Crippen LogP contribution in [0.3, 0.4) is 0 Å². The Hall–Kier alpha value is -2.95. The zero-order chi connectivity index (χ0) is 27.4. The van der Waals surface area contributed by atoms with Gasteiger partial charge in [0.1, 0.15) is 23.4 Å². The molecule has 204 valence electrons. The summed E-state index contributed by atoms with van der Waals surface area (Å²) >= 11 is 0.798. The van der Waals surface area contributed by atoms with Gasteiger partial charge in [0.05, 0.1) is 25.1 Å². The highest BCUT2D eigenvalue weighted by atomic mass is 32.2. The highest BCUT2D eigenvalue weighted by Crippen LogP contribution is 2.21. The Labute approximate surface area is 212 Å². The van der Waals surface area contributed by atoms with Crippen molar-refractivity contribution < 1.29 is 39.0 Å². The molecule has 36 heavy (non-hydrogen) atoms. The third-order valence-corrected chi connectivity index (χ3v) is 6.74. The normalized spacial score (nSPS) is 28.9. The van der Waals surface area contributed by atoms with E-state index in [4.69, 9.17) is 17.2 Å². The number of amides is 5. The van der Waals surface area contributed by atoms with Gasteiger partial charge >= 0.3 is 5.97 Å². The second-order valence-electron chi connectivity index (χ2n) is 8.30. The van der Waals surface area contributed by atoms with Gasteiger partial charge in [0.2, 0.25) is 29.5 Å². The zero-order valence-corrected chi connectivity index (χ0v) is 20.7. The quantitative estimate of drug-likeness (QED) is 0.134. The highest BCUT2D eigenvalue weighted by Gasteiger charge is 2.35. The van der Waals surface area contributed by atoms with E-state index >= 15 is 0 Å². The Kier molecular flexibility index (Phi) is 13.1. The lowest BCUT2D eigenvalue weighted by molar-refractivity contribution is -0.138. The van der Waals surface area contributed by atoms with Crippen LogP contribution in [0.4, 0.5) is 0 Å². The smallest absolute Gasteiger partial charge is 0.318 e. The van der Waals surface area contributed by atoms with Crippen molar-refractivity contribution in [2.75, 3.05) is 18.9 Å². The summed E-state index contributed by atoms with van der Waals surface area (Å²) in [6, 6.07) is -6.36. The van der Waals surface area contributed by atoms with Crippen molar-refractivity contribution in [2.45, 2.75) is 68.1 Å². The fourth-order valence-corrected chi connectivity index (χ4v) is 4.44. The van der Waals surface area contributed by atoms with Crippen LogP contribution in [0.5, 0.6) is 0 Å². The first kappa shape index (κ1) is 31.1. The molecule has 6 atom stereocenters. The van der Waals surface area contributed by atoms with Crippen LogP contribution in [-0.2, 0) is 28.8 Å². The van der Waals surface area contributed by atoms with E-state index in [1.807, 2.05) is 0 Å². The summed E-state index contributed by atoms with van der Waals surface area (Å²) in [5, 5.41) is 27.5. The first-order valence-corrected chi connectivity index (χ1v) is 12.4. The van der Waals surface area contributed by atoms with Gasteiger partial charge in [-0.1, -0.05) is 6.42 Å². The summed E-state index contributed by atoms with van der Waals surface area (Å²) < 4.78 is 0. The van der Waals surface area contributed by atoms with E-state index in [1.54, 1.807) is 0 Å². The third kappa shape index (κ3) is 9.96. The van der Waals surface area contributed by atoms with Crippen LogP contribution in [0.1, 0.15) is 32.6 Å². The molecule has 16 heteroatoms. The lowest BCUT2D eigenvalue weighted by Crippen LogP contribution is -2.60. The maximum absolute atomic E-state index is 13.0. The molecular formula is C20H35N7O8S. The van der Waals surface area contributed by atoms with Crippen molar-refractivity contribution >= 4 is 47.3 Å². The van der Waals surface area contributed by atoms with Crippen molar-refractivity contribution in [1.29, 1.82) is 0 Å². The van der Waals surface area contributed by atoms with Gasteiger partial charge in [-0.05, 0) is 26.3 Å². The number of thioether (sulfide) groups is 1. The van der Waals surface area contributed by atoms with Gasteiger partial charge in [-0.25, -0.2) is 0 Å². The Morgan fingerprint density at radius 1 is 0.972 bits per heavy atom. The van der Waals surface area contributed by atoms with Crippen LogP contribution in [0, 0.1) is 0 Å². The van der Waals surface area contributed by atoms with Gasteiger partial charge in [-0.3, -0.25) is 28.8 Å². The second-order valence-corrected chi connectivity index (χ2v) is 9.48. The minimum atomic E-state index is -1.45. The molecule has 0 bridgehead atoms. The lowest BCUT2D eigenvalue weighted by Gasteiger charge is -2.29. The predicted octanol–water partition coefficient (Wildman–Crippen LogP) is -4.53. The van der Waals surface area contributed by atoms with E-state index in [2.05, 4.69) is 21.3 Å². The molecule has 1 aliphatic rings. The van der Waals surface area contributed by atoms with Crippen molar-refractivity contribution in [3.8, 4) is 0 Å². The fourth-order valence-electron chi connectivity index (χ4n) is 3.29. The zero-order valence-electron chi connectivity index (χ0n) is 19.9. The minimum Gasteiger partial charge on any atom is -0.480 e. The number of aliphatic hydroxyl groups excluding tert-OH is 1. The maximum Gasteiger partial charge on any atom is 0.318 e. The number of primary amides is 1. The van der Waals surface area contributed by atoms with Crippen molar-refractivity contribution in [2.24, 2.45) is 17.2 Å². The van der Waals surface area contributed by atoms with Gasteiger partial charge in [0, 0.05) is 5.75 Å². The SMILES string of the molecule is C[C@@H]1NC(=O)C(CO)NC(=O)[C@@H](N)CSC(C(=O)O)C(CCCCN)NC(=O)C(CC(N)=O)NC1=O. The molecule has 1 aliphatic heterocycles. The number of hydrogen-bond donors (Lipinski definition) is 9. The number of aliphatic hydroxyl groups is 1. The van der Waals surface area contributed by atoms with Crippen molar-refractivity contribution in [1.82, 2.24) is 21.3 Å². The number of rotatable bonds is 8. The van der Waals surface area contributed by atoms with E-state index in [-0.39, 0.29) is 12.2 Å². The van der Waals surface area contributed by atoms with Crippen LogP contribution in [-0.4, -0.2) is 100 Å². The molecule has 0 aromatic rings. The van der Waals surface area contributed by atoms with Gasteiger partial charge in [-0.15, -0.1) is 11.8 Å². The largest absolute Gasteiger partial charge is 0.480 e. The molecule has 0 radical (unpaired) electrons. The molecule has 0 aromatic heterocycles. The third-order valence-electron chi connectivity index (χ3n) is 5.30. The molecule has 5 amide bonds. The summed E-state index contributed by atoms with van der Waals surface area (Å²) in [5.74, 6) is -5.82. The number of hydrogen-bond acceptors (Lipinski definition) is 10. The molecule has 4 unspecified atom stereocenters. The van der Waals surface area contributed by atoms with E-state index in [9.17, 15) is 39.0 Å². The first-order chi connectivity index (χ1) is 16.9. The van der Waals surface area contributed by atoms with Crippen molar-refractivity contribution in [3.63, 3.8) is 0 Å². The van der Waals surface area contributed by atoms with Crippen LogP contribution in [0.25, 0.3) is 0 Å². The summed E-state index contributed by atoms with van der Waals surface area (Å²) in [5.41, 5.74) is 16.6. The first-order valence-electron chi connectivity index (χ1n) is 11.3. The minimum absolute atomic E-state index is 0.191. The van der Waals surface area contributed by atoms with Gasteiger partial charge in [0.25, 0.3) is 0 Å². The number of carbonyl (C=O) groups excluding carboxylic acids is 5. The Morgan fingerprint density at radius 3 is 2.14 bits per heavy atom. The maximum atomic E-state index is 13.0. The molecule has 15 nitrogen and oxygen atoms in total. The number of carbonyl (C=O) groups is 6. The predicted molar refractivity (Wildman–Crippen MR) is 129 cm³/mol. The van der Waals surface area contributed by atoms with Crippen LogP contribution >= 0.6 is 11.8 Å². The van der Waals surface area contributed by atoms with Crippen LogP contribution in [0.2, 0.25) is 0 Å². The van der Waals surface area contributed by atoms with Crippen LogP contribution < -0.4 is 38.5 Å². The summed E-state index contributed by atoms with van der Waals surface area (Å²) in [7, 11) is 0. The monoisotopic (exact) mass is 533 g/mol. The van der Waals surface area contributed by atoms with Gasteiger partial charge < -0.3 is 48.7 Å². The lowest BCUT2D eigenvalue weighted by atomic mass is 10.0. The average Bonchev–Trinajstić information content (AvgIpc) is 2.80. The van der Waals surface area contributed by atoms with Gasteiger partial charge in [-0.2, -0.15) is 0 Å². The Bertz CT molecular complexity index is 830. The van der Waals surface area contributed by atoms with E-state index in [0.717, 1.165) is 11.8 Å². The molecule has 0 saturated carbocycles. The number of carboxylic acid groups (broad SMARTS) is 1. The molecule has 12 N–H and O–H groups in total. The number of aliphatic carboxylic acids is 1. The fraction of sp³-hybridized carbons (Fsp3) is 0.700. The topological polar surface area (TPSA) is 269 Å². The van der Waals surface area contributed by atoms with E-state index in [0.29, 0.717) is 19.4 Å². The molecule has 1 heterocycles. The highest BCUT2D eigenvalue weighted by molar-refractivity contribution is 8.00. The summed E-state index contributed by atoms with van der Waals surface area (Å²) in [6.45, 7) is 0.816. The Balaban J connectivity index is 3.36. The number of nitrogens with two attached hydrogens (primary N) is 3. The molecule has 0 aromatic carbocycles. The standard InChI is InChI=1S/C20H35N7O8S/c1-9-16(30)26-12(6-14(23)29)18(32)25-11(4-2-3-5-21)15(20(34)35)36-8-10(22)17(31)27-13(7-28)19(33)24-9/h9-13,15,28H,2-8,21-22H2,1H3,(H2,23,29)(H,24,33)(H,25,32)(H,26,30)(H,27,31)(H,34,35)/t9-,10-,11?,12?,13?,15?/m0/s1. The number of carboxylic acids is 1. The second kappa shape index (κ2) is 15.2. The number of unbranched alkanes of at least 4 members (excludes halogenated alkanes) is 1. The number of nitrogens with one attached hydrogen (secondary N) is 4. The molecular weight excluding hydrogens is 498 g/mol. The van der Waals surface area contributed by atoms with E-state index in [1.165, 1.54) is 6.92 Å². The molecule has 0 aliphatic carbocycles. The Morgan fingerprint density at radius 2 is 1.58 bits per heavy atom. The summed E-state index contributed by atoms with van der Waals surface area (Å²) in [4.78, 5) is 74.1.